The highest BCUT2D eigenvalue weighted by Gasteiger charge is 2.19. The Morgan fingerprint density at radius 3 is 1.71 bits per heavy atom. The van der Waals surface area contributed by atoms with E-state index in [2.05, 4.69) is 20.0 Å². The van der Waals surface area contributed by atoms with Crippen LogP contribution in [0.1, 0.15) is 26.3 Å². The number of anilines is 4. The molecule has 0 fully saturated rings. The second-order valence-electron chi connectivity index (χ2n) is 6.44. The van der Waals surface area contributed by atoms with Crippen molar-refractivity contribution in [3.05, 3.63) is 77.4 Å². The van der Waals surface area contributed by atoms with Crippen molar-refractivity contribution in [3.63, 3.8) is 0 Å². The highest BCUT2D eigenvalue weighted by Crippen LogP contribution is 2.31. The van der Waals surface area contributed by atoms with E-state index in [0.29, 0.717) is 16.3 Å². The standard InChI is InChI=1S/C21H19N3O6S/c1-12-2-4-13(5-3-12)23-18-10-17(21(27)28)19(11-16(18)20(25)26)24-14-6-8-15(9-7-14)31-30-29-22/h2-11,23-24H,22H2,1H3,(H,25,26)(H,27,28). The molecule has 0 amide bonds. The van der Waals surface area contributed by atoms with Crippen LogP contribution in [-0.4, -0.2) is 22.2 Å². The van der Waals surface area contributed by atoms with Gasteiger partial charge in [-0.1, -0.05) is 17.7 Å². The van der Waals surface area contributed by atoms with E-state index < -0.39 is 11.9 Å². The van der Waals surface area contributed by atoms with Crippen LogP contribution >= 0.6 is 12.0 Å². The van der Waals surface area contributed by atoms with Gasteiger partial charge < -0.3 is 20.8 Å². The third-order valence-electron chi connectivity index (χ3n) is 4.25. The summed E-state index contributed by atoms with van der Waals surface area (Å²) in [6.07, 6.45) is 0. The molecule has 3 rings (SSSR count). The fourth-order valence-electron chi connectivity index (χ4n) is 2.76. The third kappa shape index (κ3) is 5.74. The molecule has 10 heteroatoms. The van der Waals surface area contributed by atoms with Crippen LogP contribution in [0.2, 0.25) is 0 Å². The fourth-order valence-corrected chi connectivity index (χ4v) is 3.13. The summed E-state index contributed by atoms with van der Waals surface area (Å²) in [6, 6.07) is 16.6. The highest BCUT2D eigenvalue weighted by atomic mass is 32.2. The molecule has 0 aliphatic carbocycles. The minimum atomic E-state index is -1.20. The number of hydrogen-bond donors (Lipinski definition) is 5. The number of rotatable bonds is 9. The largest absolute Gasteiger partial charge is 0.478 e. The van der Waals surface area contributed by atoms with Crippen LogP contribution in [0, 0.1) is 6.92 Å². The molecule has 160 valence electrons. The lowest BCUT2D eigenvalue weighted by Gasteiger charge is -2.16. The Hall–Kier alpha value is -3.57. The van der Waals surface area contributed by atoms with Crippen LogP contribution < -0.4 is 16.5 Å². The van der Waals surface area contributed by atoms with Crippen molar-refractivity contribution < 1.29 is 29.1 Å². The maximum absolute atomic E-state index is 11.9. The van der Waals surface area contributed by atoms with E-state index in [1.807, 2.05) is 19.1 Å². The summed E-state index contributed by atoms with van der Waals surface area (Å²) in [4.78, 5) is 28.4. The van der Waals surface area contributed by atoms with Crippen LogP contribution in [0.4, 0.5) is 22.7 Å². The van der Waals surface area contributed by atoms with Gasteiger partial charge in [0.25, 0.3) is 0 Å². The number of nitrogens with one attached hydrogen (secondary N) is 2. The predicted octanol–water partition coefficient (Wildman–Crippen LogP) is 4.71. The van der Waals surface area contributed by atoms with Crippen LogP contribution in [0.25, 0.3) is 0 Å². The molecule has 0 saturated carbocycles. The number of aryl methyl sites for hydroxylation is 1. The molecule has 0 unspecified atom stereocenters. The number of aromatic carboxylic acids is 2. The lowest BCUT2D eigenvalue weighted by molar-refractivity contribution is -0.195. The molecule has 0 spiro atoms. The molecular weight excluding hydrogens is 422 g/mol. The molecule has 0 aliphatic rings. The summed E-state index contributed by atoms with van der Waals surface area (Å²) in [7, 11) is 0. The third-order valence-corrected chi connectivity index (χ3v) is 4.86. The van der Waals surface area contributed by atoms with Gasteiger partial charge in [0, 0.05) is 16.3 Å². The van der Waals surface area contributed by atoms with Crippen molar-refractivity contribution in [1.82, 2.24) is 0 Å². The molecule has 3 aromatic rings. The molecule has 0 aromatic heterocycles. The van der Waals surface area contributed by atoms with E-state index in [-0.39, 0.29) is 22.5 Å². The predicted molar refractivity (Wildman–Crippen MR) is 117 cm³/mol. The van der Waals surface area contributed by atoms with Crippen molar-refractivity contribution in [2.45, 2.75) is 11.8 Å². The lowest BCUT2D eigenvalue weighted by atomic mass is 10.0. The summed E-state index contributed by atoms with van der Waals surface area (Å²) >= 11 is 0.898. The first-order valence-corrected chi connectivity index (χ1v) is 9.67. The molecule has 9 nitrogen and oxygen atoms in total. The Balaban J connectivity index is 1.94. The van der Waals surface area contributed by atoms with E-state index in [1.54, 1.807) is 36.4 Å². The topological polar surface area (TPSA) is 143 Å². The quantitative estimate of drug-likeness (QED) is 0.180. The first kappa shape index (κ1) is 22.1. The van der Waals surface area contributed by atoms with Crippen LogP contribution in [-0.2, 0) is 9.32 Å². The van der Waals surface area contributed by atoms with E-state index >= 15 is 0 Å². The first-order valence-electron chi connectivity index (χ1n) is 8.93. The average Bonchev–Trinajstić information content (AvgIpc) is 2.75. The van der Waals surface area contributed by atoms with E-state index in [1.165, 1.54) is 12.1 Å². The number of carboxylic acid groups (broad SMARTS) is 2. The van der Waals surface area contributed by atoms with Gasteiger partial charge >= 0.3 is 11.9 Å². The number of hydrogen-bond acceptors (Lipinski definition) is 8. The Morgan fingerprint density at radius 2 is 1.29 bits per heavy atom. The van der Waals surface area contributed by atoms with Crippen LogP contribution in [0.15, 0.2) is 65.6 Å². The van der Waals surface area contributed by atoms with Gasteiger partial charge in [-0.3, -0.25) is 0 Å². The summed E-state index contributed by atoms with van der Waals surface area (Å²) < 4.78 is 4.56. The summed E-state index contributed by atoms with van der Waals surface area (Å²) in [5.74, 6) is 2.40. The van der Waals surface area contributed by atoms with Crippen molar-refractivity contribution in [2.24, 2.45) is 5.90 Å². The van der Waals surface area contributed by atoms with Gasteiger partial charge in [-0.25, -0.2) is 9.59 Å². The van der Waals surface area contributed by atoms with Crippen molar-refractivity contribution in [3.8, 4) is 0 Å². The smallest absolute Gasteiger partial charge is 0.337 e. The minimum Gasteiger partial charge on any atom is -0.478 e. The van der Waals surface area contributed by atoms with Crippen LogP contribution in [0.3, 0.4) is 0 Å². The molecule has 0 heterocycles. The van der Waals surface area contributed by atoms with E-state index in [0.717, 1.165) is 17.6 Å². The zero-order valence-corrected chi connectivity index (χ0v) is 17.1. The van der Waals surface area contributed by atoms with Gasteiger partial charge in [0.2, 0.25) is 0 Å². The molecule has 0 radical (unpaired) electrons. The van der Waals surface area contributed by atoms with E-state index in [9.17, 15) is 19.8 Å². The summed E-state index contributed by atoms with van der Waals surface area (Å²) in [5.41, 5.74) is 2.39. The monoisotopic (exact) mass is 441 g/mol. The van der Waals surface area contributed by atoms with Crippen LogP contribution in [0.5, 0.6) is 0 Å². The number of carboxylic acids is 2. The second kappa shape index (κ2) is 9.96. The molecule has 0 bridgehead atoms. The van der Waals surface area contributed by atoms with Crippen molar-refractivity contribution in [1.29, 1.82) is 0 Å². The average molecular weight is 441 g/mol. The number of nitrogens with two attached hydrogens (primary N) is 1. The minimum absolute atomic E-state index is 0.0752. The van der Waals surface area contributed by atoms with Gasteiger partial charge in [-0.15, -0.1) is 9.32 Å². The van der Waals surface area contributed by atoms with E-state index in [4.69, 9.17) is 5.90 Å². The normalized spacial score (nSPS) is 10.5. The SMILES string of the molecule is Cc1ccc(Nc2cc(C(=O)O)c(Nc3ccc(SOON)cc3)cc2C(=O)O)cc1. The van der Waals surface area contributed by atoms with Gasteiger partial charge in [0.15, 0.2) is 0 Å². The summed E-state index contributed by atoms with van der Waals surface area (Å²) in [5, 5.41) is 25.3. The molecule has 0 saturated heterocycles. The number of benzene rings is 3. The van der Waals surface area contributed by atoms with Gasteiger partial charge in [-0.05, 0) is 55.5 Å². The van der Waals surface area contributed by atoms with Gasteiger partial charge in [0.1, 0.15) is 0 Å². The van der Waals surface area contributed by atoms with Crippen molar-refractivity contribution >= 4 is 46.7 Å². The van der Waals surface area contributed by atoms with Gasteiger partial charge in [0.05, 0.1) is 34.5 Å². The van der Waals surface area contributed by atoms with Gasteiger partial charge in [-0.2, -0.15) is 5.90 Å². The Labute approximate surface area is 181 Å². The molecule has 3 aromatic carbocycles. The molecular formula is C21H19N3O6S. The maximum atomic E-state index is 11.9. The maximum Gasteiger partial charge on any atom is 0.337 e. The second-order valence-corrected chi connectivity index (χ2v) is 7.22. The fraction of sp³-hybridized carbons (Fsp3) is 0.0476. The molecule has 6 N–H and O–H groups in total. The zero-order valence-electron chi connectivity index (χ0n) is 16.3. The number of carbonyl (C=O) groups is 2. The molecule has 0 aliphatic heterocycles. The lowest BCUT2D eigenvalue weighted by Crippen LogP contribution is -2.09. The summed E-state index contributed by atoms with van der Waals surface area (Å²) in [6.45, 7) is 1.93. The molecule has 0 atom stereocenters. The highest BCUT2D eigenvalue weighted by molar-refractivity contribution is 7.94. The molecule has 31 heavy (non-hydrogen) atoms. The Kier molecular flexibility index (Phi) is 7.11. The Morgan fingerprint density at radius 1 is 0.839 bits per heavy atom. The zero-order chi connectivity index (χ0) is 22.4. The first-order chi connectivity index (χ1) is 14.9. The Bertz CT molecular complexity index is 1090. The van der Waals surface area contributed by atoms with Crippen molar-refractivity contribution in [2.75, 3.05) is 10.6 Å².